The maximum atomic E-state index is 11.9. The van der Waals surface area contributed by atoms with Gasteiger partial charge in [-0.3, -0.25) is 4.79 Å². The third-order valence-electron chi connectivity index (χ3n) is 3.60. The summed E-state index contributed by atoms with van der Waals surface area (Å²) in [6.45, 7) is 4.13. The van der Waals surface area contributed by atoms with E-state index in [0.29, 0.717) is 17.8 Å². The van der Waals surface area contributed by atoms with E-state index in [4.69, 9.17) is 11.6 Å². The molecule has 0 radical (unpaired) electrons. The van der Waals surface area contributed by atoms with E-state index in [1.165, 1.54) is 12.8 Å². The van der Waals surface area contributed by atoms with Crippen LogP contribution in [0.4, 0.5) is 0 Å². The molecule has 94 valence electrons. The number of hydrogen-bond donors (Lipinski definition) is 1. The predicted octanol–water partition coefficient (Wildman–Crippen LogP) is 3.34. The quantitative estimate of drug-likeness (QED) is 0.740. The third-order valence-corrected chi connectivity index (χ3v) is 4.00. The lowest BCUT2D eigenvalue weighted by Crippen LogP contribution is -2.44. The number of alkyl halides is 1. The van der Waals surface area contributed by atoms with Gasteiger partial charge in [0.25, 0.3) is 0 Å². The highest BCUT2D eigenvalue weighted by atomic mass is 35.5. The van der Waals surface area contributed by atoms with Gasteiger partial charge in [-0.05, 0) is 25.2 Å². The van der Waals surface area contributed by atoms with E-state index in [1.807, 2.05) is 6.92 Å². The van der Waals surface area contributed by atoms with E-state index in [9.17, 15) is 4.79 Å². The van der Waals surface area contributed by atoms with Crippen molar-refractivity contribution in [1.82, 2.24) is 5.32 Å². The number of amides is 1. The first kappa shape index (κ1) is 13.8. The van der Waals surface area contributed by atoms with Crippen molar-refractivity contribution in [1.29, 1.82) is 0 Å². The molecule has 1 aliphatic rings. The molecule has 0 heterocycles. The molecular weight excluding hydrogens is 222 g/mol. The van der Waals surface area contributed by atoms with Gasteiger partial charge >= 0.3 is 0 Å². The first-order chi connectivity index (χ1) is 7.69. The predicted molar refractivity (Wildman–Crippen MR) is 68.7 cm³/mol. The molecule has 0 bridgehead atoms. The van der Waals surface area contributed by atoms with Crippen LogP contribution in [-0.4, -0.2) is 17.8 Å². The van der Waals surface area contributed by atoms with E-state index >= 15 is 0 Å². The normalized spacial score (nSPS) is 27.4. The maximum absolute atomic E-state index is 11.9. The molecule has 3 unspecified atom stereocenters. The minimum atomic E-state index is 0.142. The third kappa shape index (κ3) is 3.97. The number of carbonyl (C=O) groups excluding carboxylic acids is 1. The highest BCUT2D eigenvalue weighted by Gasteiger charge is 2.26. The van der Waals surface area contributed by atoms with E-state index < -0.39 is 0 Å². The Bertz CT molecular complexity index is 220. The van der Waals surface area contributed by atoms with Gasteiger partial charge in [-0.1, -0.05) is 33.1 Å². The lowest BCUT2D eigenvalue weighted by atomic mass is 9.85. The molecule has 1 rings (SSSR count). The molecule has 2 nitrogen and oxygen atoms in total. The summed E-state index contributed by atoms with van der Waals surface area (Å²) in [5.41, 5.74) is 0. The van der Waals surface area contributed by atoms with Gasteiger partial charge in [0.2, 0.25) is 5.91 Å². The van der Waals surface area contributed by atoms with Crippen LogP contribution in [0.1, 0.15) is 52.4 Å². The van der Waals surface area contributed by atoms with Gasteiger partial charge in [0, 0.05) is 17.8 Å². The van der Waals surface area contributed by atoms with Crippen molar-refractivity contribution in [3.05, 3.63) is 0 Å². The largest absolute Gasteiger partial charge is 0.353 e. The van der Waals surface area contributed by atoms with E-state index in [1.54, 1.807) is 0 Å². The van der Waals surface area contributed by atoms with Crippen molar-refractivity contribution in [3.63, 3.8) is 0 Å². The molecule has 1 amide bonds. The van der Waals surface area contributed by atoms with Crippen LogP contribution in [0.25, 0.3) is 0 Å². The van der Waals surface area contributed by atoms with Gasteiger partial charge in [-0.25, -0.2) is 0 Å². The molecule has 1 saturated carbocycles. The Balaban J connectivity index is 2.41. The van der Waals surface area contributed by atoms with Gasteiger partial charge in [-0.15, -0.1) is 11.6 Å². The van der Waals surface area contributed by atoms with Crippen LogP contribution in [0.2, 0.25) is 0 Å². The summed E-state index contributed by atoms with van der Waals surface area (Å²) < 4.78 is 0. The number of halogens is 1. The van der Waals surface area contributed by atoms with Crippen LogP contribution in [-0.2, 0) is 4.79 Å². The molecule has 0 aromatic heterocycles. The first-order valence-corrected chi connectivity index (χ1v) is 7.08. The Hall–Kier alpha value is -0.240. The topological polar surface area (TPSA) is 29.1 Å². The van der Waals surface area contributed by atoms with Crippen molar-refractivity contribution in [2.45, 2.75) is 58.4 Å². The van der Waals surface area contributed by atoms with Crippen LogP contribution in [0, 0.1) is 11.8 Å². The summed E-state index contributed by atoms with van der Waals surface area (Å²) in [4.78, 5) is 11.9. The fourth-order valence-corrected chi connectivity index (χ4v) is 2.84. The lowest BCUT2D eigenvalue weighted by Gasteiger charge is -2.31. The molecule has 3 atom stereocenters. The van der Waals surface area contributed by atoms with Crippen molar-refractivity contribution >= 4 is 17.5 Å². The summed E-state index contributed by atoms with van der Waals surface area (Å²) in [7, 11) is 0. The lowest BCUT2D eigenvalue weighted by molar-refractivity contribution is -0.126. The zero-order chi connectivity index (χ0) is 12.0. The minimum absolute atomic E-state index is 0.142. The maximum Gasteiger partial charge on any atom is 0.223 e. The van der Waals surface area contributed by atoms with Crippen molar-refractivity contribution in [2.24, 2.45) is 11.8 Å². The Kier molecular flexibility index (Phi) is 6.18. The zero-order valence-electron chi connectivity index (χ0n) is 10.5. The number of carbonyl (C=O) groups is 1. The monoisotopic (exact) mass is 245 g/mol. The summed E-state index contributed by atoms with van der Waals surface area (Å²) >= 11 is 5.95. The van der Waals surface area contributed by atoms with E-state index in [-0.39, 0.29) is 11.8 Å². The smallest absolute Gasteiger partial charge is 0.223 e. The minimum Gasteiger partial charge on any atom is -0.353 e. The fourth-order valence-electron chi connectivity index (χ4n) is 2.47. The molecule has 1 N–H and O–H groups in total. The van der Waals surface area contributed by atoms with Crippen LogP contribution in [0.15, 0.2) is 0 Å². The second-order valence-electron chi connectivity index (χ2n) is 5.00. The molecule has 3 heteroatoms. The SMILES string of the molecule is CCCC(C)C(=O)NC1CCCCC1CCl. The number of rotatable bonds is 5. The van der Waals surface area contributed by atoms with Gasteiger partial charge in [-0.2, -0.15) is 0 Å². The molecule has 0 saturated heterocycles. The van der Waals surface area contributed by atoms with E-state index in [0.717, 1.165) is 25.7 Å². The average Bonchev–Trinajstić information content (AvgIpc) is 2.30. The average molecular weight is 246 g/mol. The van der Waals surface area contributed by atoms with Gasteiger partial charge in [0.05, 0.1) is 0 Å². The van der Waals surface area contributed by atoms with Crippen molar-refractivity contribution < 1.29 is 4.79 Å². The fraction of sp³-hybridized carbons (Fsp3) is 0.923. The summed E-state index contributed by atoms with van der Waals surface area (Å²) in [5.74, 6) is 1.51. The second-order valence-corrected chi connectivity index (χ2v) is 5.31. The standard InChI is InChI=1S/C13H24ClNO/c1-3-6-10(2)13(16)15-12-8-5-4-7-11(12)9-14/h10-12H,3-9H2,1-2H3,(H,15,16). The highest BCUT2D eigenvalue weighted by molar-refractivity contribution is 6.18. The second kappa shape index (κ2) is 7.16. The summed E-state index contributed by atoms with van der Waals surface area (Å²) in [6.07, 6.45) is 6.79. The molecule has 0 aliphatic heterocycles. The number of hydrogen-bond acceptors (Lipinski definition) is 1. The molecule has 16 heavy (non-hydrogen) atoms. The highest BCUT2D eigenvalue weighted by Crippen LogP contribution is 2.25. The Morgan fingerprint density at radius 2 is 2.12 bits per heavy atom. The van der Waals surface area contributed by atoms with Gasteiger partial charge in [0.15, 0.2) is 0 Å². The Morgan fingerprint density at radius 3 is 2.75 bits per heavy atom. The Labute approximate surface area is 104 Å². The molecule has 1 fully saturated rings. The van der Waals surface area contributed by atoms with Gasteiger partial charge < -0.3 is 5.32 Å². The zero-order valence-corrected chi connectivity index (χ0v) is 11.2. The number of nitrogens with one attached hydrogen (secondary N) is 1. The Morgan fingerprint density at radius 1 is 1.44 bits per heavy atom. The summed E-state index contributed by atoms with van der Waals surface area (Å²) in [6, 6.07) is 0.318. The molecule has 0 aromatic rings. The van der Waals surface area contributed by atoms with Crippen LogP contribution in [0.5, 0.6) is 0 Å². The van der Waals surface area contributed by atoms with E-state index in [2.05, 4.69) is 12.2 Å². The van der Waals surface area contributed by atoms with Crippen LogP contribution in [0.3, 0.4) is 0 Å². The van der Waals surface area contributed by atoms with Crippen LogP contribution < -0.4 is 5.32 Å². The molecule has 0 aromatic carbocycles. The molecule has 1 aliphatic carbocycles. The summed E-state index contributed by atoms with van der Waals surface area (Å²) in [5, 5.41) is 3.18. The molecular formula is C13H24ClNO. The van der Waals surface area contributed by atoms with Crippen molar-refractivity contribution in [3.8, 4) is 0 Å². The first-order valence-electron chi connectivity index (χ1n) is 6.55. The van der Waals surface area contributed by atoms with Crippen LogP contribution >= 0.6 is 11.6 Å². The van der Waals surface area contributed by atoms with Crippen molar-refractivity contribution in [2.75, 3.05) is 5.88 Å². The molecule has 0 spiro atoms. The van der Waals surface area contributed by atoms with Gasteiger partial charge in [0.1, 0.15) is 0 Å².